The third-order valence-corrected chi connectivity index (χ3v) is 4.36. The molecule has 1 heterocycles. The lowest BCUT2D eigenvalue weighted by Gasteiger charge is -2.23. The number of aryl methyl sites for hydroxylation is 1. The zero-order valence-electron chi connectivity index (χ0n) is 14.7. The van der Waals surface area contributed by atoms with Crippen LogP contribution in [0.15, 0.2) is 30.5 Å². The van der Waals surface area contributed by atoms with Crippen molar-refractivity contribution < 1.29 is 14.3 Å². The molecule has 0 fully saturated rings. The number of rotatable bonds is 7. The summed E-state index contributed by atoms with van der Waals surface area (Å²) in [6.45, 7) is 6.20. The summed E-state index contributed by atoms with van der Waals surface area (Å²) in [5.41, 5.74) is 0.989. The van der Waals surface area contributed by atoms with Crippen LogP contribution in [0.4, 0.5) is 11.5 Å². The van der Waals surface area contributed by atoms with Crippen molar-refractivity contribution >= 4 is 46.0 Å². The molecule has 0 bridgehead atoms. The molecule has 0 N–H and O–H groups in total. The fraction of sp³-hybridized carbons (Fsp3) is 0.389. The SMILES string of the molecule is CCCCn1ncc(C(=O)OCC)c1N(C(C)=O)c1ccc(I)cc1. The predicted molar refractivity (Wildman–Crippen MR) is 105 cm³/mol. The standard InChI is InChI=1S/C18H22IN3O3/c1-4-6-11-21-17(16(12-20-21)18(24)25-5-2)22(13(3)23)15-9-7-14(19)8-10-15/h7-10,12H,4-6,11H2,1-3H3. The molecule has 7 heteroatoms. The molecule has 2 aromatic rings. The van der Waals surface area contributed by atoms with E-state index < -0.39 is 5.97 Å². The fourth-order valence-corrected chi connectivity index (χ4v) is 2.84. The van der Waals surface area contributed by atoms with Crippen LogP contribution in [0.25, 0.3) is 0 Å². The molecule has 25 heavy (non-hydrogen) atoms. The maximum Gasteiger partial charge on any atom is 0.343 e. The minimum absolute atomic E-state index is 0.190. The number of nitrogens with zero attached hydrogens (tertiary/aromatic N) is 3. The van der Waals surface area contributed by atoms with E-state index in [9.17, 15) is 9.59 Å². The van der Waals surface area contributed by atoms with Crippen LogP contribution in [0, 0.1) is 3.57 Å². The van der Waals surface area contributed by atoms with E-state index in [1.54, 1.807) is 11.6 Å². The van der Waals surface area contributed by atoms with Crippen LogP contribution in [0.3, 0.4) is 0 Å². The molecule has 0 radical (unpaired) electrons. The normalized spacial score (nSPS) is 10.6. The quantitative estimate of drug-likeness (QED) is 0.465. The largest absolute Gasteiger partial charge is 0.462 e. The van der Waals surface area contributed by atoms with Gasteiger partial charge in [-0.05, 0) is 60.2 Å². The Bertz CT molecular complexity index is 741. The number of esters is 1. The van der Waals surface area contributed by atoms with Crippen LogP contribution in [-0.2, 0) is 16.1 Å². The Morgan fingerprint density at radius 1 is 1.24 bits per heavy atom. The lowest BCUT2D eigenvalue weighted by Crippen LogP contribution is -2.27. The molecular formula is C18H22IN3O3. The summed E-state index contributed by atoms with van der Waals surface area (Å²) >= 11 is 2.21. The molecule has 0 spiro atoms. The van der Waals surface area contributed by atoms with E-state index in [0.717, 1.165) is 16.4 Å². The molecule has 0 unspecified atom stereocenters. The molecule has 0 aliphatic heterocycles. The van der Waals surface area contributed by atoms with Crippen molar-refractivity contribution in [3.05, 3.63) is 39.6 Å². The van der Waals surface area contributed by atoms with Crippen molar-refractivity contribution in [2.45, 2.75) is 40.2 Å². The van der Waals surface area contributed by atoms with Crippen molar-refractivity contribution in [2.75, 3.05) is 11.5 Å². The Morgan fingerprint density at radius 2 is 1.92 bits per heavy atom. The Hall–Kier alpha value is -1.90. The second kappa shape index (κ2) is 8.98. The van der Waals surface area contributed by atoms with Crippen LogP contribution in [0.2, 0.25) is 0 Å². The van der Waals surface area contributed by atoms with Gasteiger partial charge in [-0.1, -0.05) is 13.3 Å². The zero-order chi connectivity index (χ0) is 18.4. The number of amides is 1. The monoisotopic (exact) mass is 455 g/mol. The molecule has 0 saturated carbocycles. The van der Waals surface area contributed by atoms with Crippen LogP contribution in [0.5, 0.6) is 0 Å². The fourth-order valence-electron chi connectivity index (χ4n) is 2.48. The topological polar surface area (TPSA) is 64.4 Å². The molecule has 2 rings (SSSR count). The maximum atomic E-state index is 12.4. The number of anilines is 2. The summed E-state index contributed by atoms with van der Waals surface area (Å²) in [7, 11) is 0. The first-order chi connectivity index (χ1) is 12.0. The average Bonchev–Trinajstić information content (AvgIpc) is 2.98. The van der Waals surface area contributed by atoms with Crippen molar-refractivity contribution in [1.82, 2.24) is 9.78 Å². The Labute approximate surface area is 161 Å². The van der Waals surface area contributed by atoms with Gasteiger partial charge in [-0.2, -0.15) is 5.10 Å². The summed E-state index contributed by atoms with van der Waals surface area (Å²) in [5.74, 6) is -0.206. The number of aromatic nitrogens is 2. The first kappa shape index (κ1) is 19.4. The van der Waals surface area contributed by atoms with E-state index in [0.29, 0.717) is 23.6 Å². The maximum absolute atomic E-state index is 12.4. The van der Waals surface area contributed by atoms with Crippen LogP contribution in [-0.4, -0.2) is 28.3 Å². The highest BCUT2D eigenvalue weighted by atomic mass is 127. The predicted octanol–water partition coefficient (Wildman–Crippen LogP) is 4.15. The number of halogens is 1. The summed E-state index contributed by atoms with van der Waals surface area (Å²) in [6, 6.07) is 7.55. The highest BCUT2D eigenvalue weighted by Gasteiger charge is 2.27. The number of benzene rings is 1. The number of carbonyl (C=O) groups excluding carboxylic acids is 2. The van der Waals surface area contributed by atoms with Gasteiger partial charge in [0.25, 0.3) is 0 Å². The molecule has 0 atom stereocenters. The molecule has 0 aliphatic rings. The first-order valence-corrected chi connectivity index (χ1v) is 9.36. The highest BCUT2D eigenvalue weighted by Crippen LogP contribution is 2.30. The highest BCUT2D eigenvalue weighted by molar-refractivity contribution is 14.1. The molecule has 1 aromatic carbocycles. The van der Waals surface area contributed by atoms with Gasteiger partial charge < -0.3 is 4.74 Å². The van der Waals surface area contributed by atoms with Crippen molar-refractivity contribution in [3.63, 3.8) is 0 Å². The van der Waals surface area contributed by atoms with E-state index in [2.05, 4.69) is 34.6 Å². The van der Waals surface area contributed by atoms with E-state index in [1.807, 2.05) is 24.3 Å². The second-order valence-electron chi connectivity index (χ2n) is 5.51. The molecule has 1 amide bonds. The summed E-state index contributed by atoms with van der Waals surface area (Å²) in [6.07, 6.45) is 3.36. The van der Waals surface area contributed by atoms with Crippen LogP contribution >= 0.6 is 22.6 Å². The summed E-state index contributed by atoms with van der Waals surface area (Å²) in [4.78, 5) is 26.3. The van der Waals surface area contributed by atoms with E-state index in [-0.39, 0.29) is 12.5 Å². The van der Waals surface area contributed by atoms with Gasteiger partial charge in [0.2, 0.25) is 5.91 Å². The third-order valence-electron chi connectivity index (χ3n) is 3.64. The van der Waals surface area contributed by atoms with E-state index in [1.165, 1.54) is 18.0 Å². The average molecular weight is 455 g/mol. The van der Waals surface area contributed by atoms with Crippen molar-refractivity contribution in [2.24, 2.45) is 0 Å². The first-order valence-electron chi connectivity index (χ1n) is 8.28. The second-order valence-corrected chi connectivity index (χ2v) is 6.76. The summed E-state index contributed by atoms with van der Waals surface area (Å²) in [5, 5.41) is 4.32. The van der Waals surface area contributed by atoms with Gasteiger partial charge in [0, 0.05) is 17.0 Å². The smallest absolute Gasteiger partial charge is 0.343 e. The molecule has 6 nitrogen and oxygen atoms in total. The summed E-state index contributed by atoms with van der Waals surface area (Å²) < 4.78 is 7.91. The Kier molecular flexibility index (Phi) is 6.98. The Morgan fingerprint density at radius 3 is 2.48 bits per heavy atom. The van der Waals surface area contributed by atoms with Crippen molar-refractivity contribution in [3.8, 4) is 0 Å². The molecule has 0 saturated heterocycles. The third kappa shape index (κ3) is 4.59. The number of unbranched alkanes of at least 4 members (excludes halogenated alkanes) is 1. The van der Waals surface area contributed by atoms with Gasteiger partial charge in [-0.25, -0.2) is 9.48 Å². The zero-order valence-corrected chi connectivity index (χ0v) is 16.8. The van der Waals surface area contributed by atoms with Crippen molar-refractivity contribution in [1.29, 1.82) is 0 Å². The molecule has 0 aliphatic carbocycles. The lowest BCUT2D eigenvalue weighted by molar-refractivity contribution is -0.115. The van der Waals surface area contributed by atoms with Gasteiger partial charge in [0.05, 0.1) is 18.5 Å². The van der Waals surface area contributed by atoms with Gasteiger partial charge in [0.1, 0.15) is 5.56 Å². The van der Waals surface area contributed by atoms with Gasteiger partial charge in [-0.15, -0.1) is 0 Å². The number of ether oxygens (including phenoxy) is 1. The van der Waals surface area contributed by atoms with Gasteiger partial charge in [-0.3, -0.25) is 9.69 Å². The van der Waals surface area contributed by atoms with Gasteiger partial charge in [0.15, 0.2) is 5.82 Å². The van der Waals surface area contributed by atoms with E-state index >= 15 is 0 Å². The van der Waals surface area contributed by atoms with Crippen LogP contribution < -0.4 is 4.90 Å². The lowest BCUT2D eigenvalue weighted by atomic mass is 10.2. The van der Waals surface area contributed by atoms with E-state index in [4.69, 9.17) is 4.74 Å². The number of hydrogen-bond acceptors (Lipinski definition) is 4. The number of hydrogen-bond donors (Lipinski definition) is 0. The van der Waals surface area contributed by atoms with Gasteiger partial charge >= 0.3 is 5.97 Å². The minimum atomic E-state index is -0.475. The molecule has 134 valence electrons. The molecule has 1 aromatic heterocycles. The minimum Gasteiger partial charge on any atom is -0.462 e. The molecular weight excluding hydrogens is 433 g/mol. The van der Waals surface area contributed by atoms with Crippen LogP contribution in [0.1, 0.15) is 44.0 Å². The number of carbonyl (C=O) groups is 2. The Balaban J connectivity index is 2.56.